The molecule has 4 N–H and O–H groups in total. The lowest BCUT2D eigenvalue weighted by Gasteiger charge is -2.32. The Morgan fingerprint density at radius 2 is 2.07 bits per heavy atom. The van der Waals surface area contributed by atoms with E-state index in [1.165, 1.54) is 37.5 Å². The molecule has 1 saturated carbocycles. The summed E-state index contributed by atoms with van der Waals surface area (Å²) in [7, 11) is 1.47. The van der Waals surface area contributed by atoms with Crippen LogP contribution in [-0.2, 0) is 4.74 Å². The van der Waals surface area contributed by atoms with Crippen molar-refractivity contribution in [2.45, 2.75) is 31.4 Å². The minimum absolute atomic E-state index is 0.162. The number of hydrogen-bond donors (Lipinski definition) is 3. The number of amides is 2. The molecule has 1 aliphatic rings. The van der Waals surface area contributed by atoms with E-state index >= 15 is 0 Å². The first-order chi connectivity index (χ1) is 13.9. The highest BCUT2D eigenvalue weighted by Gasteiger charge is 2.35. The summed E-state index contributed by atoms with van der Waals surface area (Å²) in [5, 5.41) is 19.4. The molecule has 2 amide bonds. The Hall–Kier alpha value is -3.61. The van der Waals surface area contributed by atoms with Crippen molar-refractivity contribution in [2.24, 2.45) is 11.7 Å². The molecule has 0 bridgehead atoms. The van der Waals surface area contributed by atoms with E-state index < -0.39 is 17.9 Å². The van der Waals surface area contributed by atoms with Gasteiger partial charge in [-0.15, -0.1) is 0 Å². The summed E-state index contributed by atoms with van der Waals surface area (Å²) in [5.41, 5.74) is 6.18. The number of hydrogen-bond acceptors (Lipinski definition) is 6. The summed E-state index contributed by atoms with van der Waals surface area (Å²) in [6, 6.07) is 7.52. The number of aromatic nitrogens is 2. The van der Waals surface area contributed by atoms with Crippen molar-refractivity contribution in [1.29, 1.82) is 5.26 Å². The normalized spacial score (nSPS) is 21.1. The standard InChI is InChI=1S/C19H21FN6O3/c1-23-19(28)29-14-6-7-16(11(8-14)9-21)26-10-15(17(22)27)18(25-26)24-13-4-2-12(20)3-5-13/h2-5,10-11,14,16H,6-8H2,1H3,(H2,22,27)(H,23,28)(H,24,25)/t11-,14+,16+/m0/s1. The van der Waals surface area contributed by atoms with Crippen LogP contribution in [0.5, 0.6) is 0 Å². The largest absolute Gasteiger partial charge is 0.446 e. The molecule has 0 aliphatic heterocycles. The number of anilines is 2. The van der Waals surface area contributed by atoms with Crippen LogP contribution in [0.2, 0.25) is 0 Å². The predicted molar refractivity (Wildman–Crippen MR) is 102 cm³/mol. The maximum atomic E-state index is 13.1. The van der Waals surface area contributed by atoms with Gasteiger partial charge in [0.15, 0.2) is 5.82 Å². The molecule has 1 aliphatic carbocycles. The molecule has 1 fully saturated rings. The number of halogens is 1. The highest BCUT2D eigenvalue weighted by atomic mass is 19.1. The fourth-order valence-corrected chi connectivity index (χ4v) is 3.39. The maximum Gasteiger partial charge on any atom is 0.407 e. The van der Waals surface area contributed by atoms with Crippen molar-refractivity contribution in [3.8, 4) is 6.07 Å². The smallest absolute Gasteiger partial charge is 0.407 e. The molecule has 2 aromatic rings. The molecular formula is C19H21FN6O3. The van der Waals surface area contributed by atoms with Crippen molar-refractivity contribution in [2.75, 3.05) is 12.4 Å². The van der Waals surface area contributed by atoms with Crippen molar-refractivity contribution in [1.82, 2.24) is 15.1 Å². The van der Waals surface area contributed by atoms with Gasteiger partial charge in [-0.2, -0.15) is 10.4 Å². The molecule has 0 radical (unpaired) electrons. The Bertz CT molecular complexity index is 936. The van der Waals surface area contributed by atoms with Crippen LogP contribution in [0.1, 0.15) is 35.7 Å². The van der Waals surface area contributed by atoms with Crippen LogP contribution in [0.25, 0.3) is 0 Å². The second-order valence-corrected chi connectivity index (χ2v) is 6.76. The van der Waals surface area contributed by atoms with E-state index in [1.54, 1.807) is 4.68 Å². The summed E-state index contributed by atoms with van der Waals surface area (Å²) in [6.07, 6.45) is 2.06. The molecule has 29 heavy (non-hydrogen) atoms. The van der Waals surface area contributed by atoms with Gasteiger partial charge in [0.25, 0.3) is 5.91 Å². The molecule has 0 saturated heterocycles. The number of nitrogens with one attached hydrogen (secondary N) is 2. The molecule has 0 spiro atoms. The fourth-order valence-electron chi connectivity index (χ4n) is 3.39. The molecule has 3 rings (SSSR count). The molecule has 9 nitrogen and oxygen atoms in total. The van der Waals surface area contributed by atoms with Crippen LogP contribution in [-0.4, -0.2) is 34.9 Å². The third-order valence-corrected chi connectivity index (χ3v) is 4.85. The number of primary amides is 1. The molecule has 1 heterocycles. The van der Waals surface area contributed by atoms with E-state index in [0.717, 1.165) is 0 Å². The van der Waals surface area contributed by atoms with E-state index in [1.807, 2.05) is 0 Å². The zero-order chi connectivity index (χ0) is 21.0. The van der Waals surface area contributed by atoms with E-state index in [2.05, 4.69) is 21.8 Å². The minimum atomic E-state index is -0.675. The fraction of sp³-hybridized carbons (Fsp3) is 0.368. The number of nitriles is 1. The van der Waals surface area contributed by atoms with Crippen LogP contribution in [0, 0.1) is 23.1 Å². The third-order valence-electron chi connectivity index (χ3n) is 4.85. The number of ether oxygens (including phenoxy) is 1. The van der Waals surface area contributed by atoms with Crippen LogP contribution < -0.4 is 16.4 Å². The number of carbonyl (C=O) groups is 2. The van der Waals surface area contributed by atoms with Crippen molar-refractivity contribution >= 4 is 23.5 Å². The summed E-state index contributed by atoms with van der Waals surface area (Å²) < 4.78 is 19.9. The Balaban J connectivity index is 1.81. The Kier molecular flexibility index (Phi) is 5.97. The van der Waals surface area contributed by atoms with Crippen molar-refractivity contribution in [3.63, 3.8) is 0 Å². The van der Waals surface area contributed by atoms with Gasteiger partial charge in [-0.05, 0) is 37.1 Å². The van der Waals surface area contributed by atoms with Gasteiger partial charge in [0.1, 0.15) is 17.5 Å². The quantitative estimate of drug-likeness (QED) is 0.705. The molecule has 10 heteroatoms. The average molecular weight is 400 g/mol. The Labute approximate surface area is 166 Å². The third kappa shape index (κ3) is 4.63. The van der Waals surface area contributed by atoms with Crippen LogP contribution in [0.3, 0.4) is 0 Å². The van der Waals surface area contributed by atoms with Gasteiger partial charge in [0.05, 0.1) is 18.0 Å². The second-order valence-electron chi connectivity index (χ2n) is 6.76. The zero-order valence-corrected chi connectivity index (χ0v) is 15.8. The first-order valence-electron chi connectivity index (χ1n) is 9.10. The van der Waals surface area contributed by atoms with Crippen molar-refractivity contribution in [3.05, 3.63) is 41.8 Å². The molecule has 0 unspecified atom stereocenters. The molecular weight excluding hydrogens is 379 g/mol. The van der Waals surface area contributed by atoms with Gasteiger partial charge in [-0.25, -0.2) is 9.18 Å². The van der Waals surface area contributed by atoms with Crippen LogP contribution in [0.15, 0.2) is 30.5 Å². The summed E-state index contributed by atoms with van der Waals surface area (Å²) in [4.78, 5) is 23.3. The lowest BCUT2D eigenvalue weighted by Crippen LogP contribution is -2.34. The van der Waals surface area contributed by atoms with E-state index in [-0.39, 0.29) is 29.3 Å². The van der Waals surface area contributed by atoms with Gasteiger partial charge in [-0.3, -0.25) is 9.48 Å². The minimum Gasteiger partial charge on any atom is -0.446 e. The first kappa shape index (κ1) is 20.1. The van der Waals surface area contributed by atoms with Gasteiger partial charge in [-0.1, -0.05) is 0 Å². The number of alkyl carbamates (subject to hydrolysis) is 1. The highest BCUT2D eigenvalue weighted by molar-refractivity contribution is 5.98. The Morgan fingerprint density at radius 1 is 1.34 bits per heavy atom. The molecule has 152 valence electrons. The Morgan fingerprint density at radius 3 is 2.69 bits per heavy atom. The number of benzene rings is 1. The van der Waals surface area contributed by atoms with E-state index in [9.17, 15) is 19.2 Å². The maximum absolute atomic E-state index is 13.1. The van der Waals surface area contributed by atoms with Crippen LogP contribution in [0.4, 0.5) is 20.7 Å². The van der Waals surface area contributed by atoms with Crippen molar-refractivity contribution < 1.29 is 18.7 Å². The van der Waals surface area contributed by atoms with Gasteiger partial charge < -0.3 is 21.1 Å². The predicted octanol–water partition coefficient (Wildman–Crippen LogP) is 2.45. The SMILES string of the molecule is CNC(=O)O[C@@H]1CC[C@@H](n2cc(C(N)=O)c(Nc3ccc(F)cc3)n2)[C@H](C#N)C1. The second kappa shape index (κ2) is 8.60. The summed E-state index contributed by atoms with van der Waals surface area (Å²) >= 11 is 0. The van der Waals surface area contributed by atoms with Crippen LogP contribution >= 0.6 is 0 Å². The molecule has 1 aromatic carbocycles. The zero-order valence-electron chi connectivity index (χ0n) is 15.8. The van der Waals surface area contributed by atoms with E-state index in [0.29, 0.717) is 24.9 Å². The molecule has 3 atom stereocenters. The number of rotatable bonds is 5. The molecule has 1 aromatic heterocycles. The van der Waals surface area contributed by atoms with Gasteiger partial charge in [0, 0.05) is 25.4 Å². The number of nitrogens with zero attached hydrogens (tertiary/aromatic N) is 3. The number of carbonyl (C=O) groups excluding carboxylic acids is 2. The highest BCUT2D eigenvalue weighted by Crippen LogP contribution is 2.36. The lowest BCUT2D eigenvalue weighted by molar-refractivity contribution is 0.0528. The monoisotopic (exact) mass is 400 g/mol. The average Bonchev–Trinajstić information content (AvgIpc) is 3.13. The van der Waals surface area contributed by atoms with Gasteiger partial charge in [0.2, 0.25) is 0 Å². The topological polar surface area (TPSA) is 135 Å². The summed E-state index contributed by atoms with van der Waals surface area (Å²) in [6.45, 7) is 0. The summed E-state index contributed by atoms with van der Waals surface area (Å²) in [5.74, 6) is -1.29. The van der Waals surface area contributed by atoms with E-state index in [4.69, 9.17) is 10.5 Å². The lowest BCUT2D eigenvalue weighted by atomic mass is 9.83. The first-order valence-corrected chi connectivity index (χ1v) is 9.10. The van der Waals surface area contributed by atoms with Gasteiger partial charge >= 0.3 is 6.09 Å². The number of nitrogens with two attached hydrogens (primary N) is 1.